The van der Waals surface area contributed by atoms with E-state index in [1.165, 1.54) is 6.07 Å². The lowest BCUT2D eigenvalue weighted by Crippen LogP contribution is -2.47. The minimum atomic E-state index is -0.839. The molecule has 0 spiro atoms. The molecule has 0 saturated carbocycles. The fourth-order valence-corrected chi connectivity index (χ4v) is 3.41. The number of hydrogen-bond donors (Lipinski definition) is 2. The number of hydrogen-bond acceptors (Lipinski definition) is 4. The molecular weight excluding hydrogens is 390 g/mol. The van der Waals surface area contributed by atoms with Crippen LogP contribution < -0.4 is 15.4 Å². The molecule has 2 aromatic rings. The minimum absolute atomic E-state index is 0.0217. The van der Waals surface area contributed by atoms with Gasteiger partial charge in [0.05, 0.1) is 0 Å². The molecule has 1 saturated heterocycles. The zero-order valence-electron chi connectivity index (χ0n) is 16.5. The zero-order chi connectivity index (χ0) is 21.3. The molecule has 1 heterocycles. The summed E-state index contributed by atoms with van der Waals surface area (Å²) < 4.78 is 31.6. The molecule has 8 heteroatoms. The van der Waals surface area contributed by atoms with Crippen LogP contribution in [0, 0.1) is 23.0 Å². The number of nitriles is 1. The third-order valence-electron chi connectivity index (χ3n) is 4.97. The van der Waals surface area contributed by atoms with E-state index >= 15 is 0 Å². The molecule has 158 valence electrons. The third kappa shape index (κ3) is 6.42. The molecule has 0 aromatic heterocycles. The topological polar surface area (TPSA) is 77.4 Å². The highest BCUT2D eigenvalue weighted by molar-refractivity contribution is 5.74. The first-order chi connectivity index (χ1) is 14.5. The monoisotopic (exact) mass is 414 g/mol. The predicted molar refractivity (Wildman–Crippen MR) is 108 cm³/mol. The van der Waals surface area contributed by atoms with Gasteiger partial charge in [-0.15, -0.1) is 0 Å². The highest BCUT2D eigenvalue weighted by Crippen LogP contribution is 2.16. The largest absolute Gasteiger partial charge is 0.479 e. The van der Waals surface area contributed by atoms with Gasteiger partial charge in [0.25, 0.3) is 0 Å². The van der Waals surface area contributed by atoms with E-state index in [1.54, 1.807) is 18.2 Å². The van der Waals surface area contributed by atoms with Gasteiger partial charge in [0.15, 0.2) is 18.2 Å². The standard InChI is InChI=1S/C22H24F2N4O2/c23-20-5-4-17(13-21(20)24)15-28-9-6-18(7-10-28)27-22(29)26-14-16-2-1-3-19(12-16)30-11-8-25/h1-5,12-13,18H,6-7,9-11,14-15H2,(H2,26,27,29). The molecule has 3 rings (SSSR count). The number of amides is 2. The molecule has 0 atom stereocenters. The molecule has 30 heavy (non-hydrogen) atoms. The second-order valence-electron chi connectivity index (χ2n) is 7.22. The molecule has 2 amide bonds. The molecule has 0 radical (unpaired) electrons. The molecule has 0 aliphatic carbocycles. The van der Waals surface area contributed by atoms with E-state index < -0.39 is 11.6 Å². The first kappa shape index (κ1) is 21.5. The summed E-state index contributed by atoms with van der Waals surface area (Å²) in [5.74, 6) is -1.08. The summed E-state index contributed by atoms with van der Waals surface area (Å²) in [6.07, 6.45) is 1.57. The fourth-order valence-electron chi connectivity index (χ4n) is 3.41. The van der Waals surface area contributed by atoms with Gasteiger partial charge in [-0.2, -0.15) is 5.26 Å². The number of ether oxygens (including phenoxy) is 1. The lowest BCUT2D eigenvalue weighted by molar-refractivity contribution is 0.186. The SMILES string of the molecule is N#CCOc1cccc(CNC(=O)NC2CCN(Cc3ccc(F)c(F)c3)CC2)c1. The van der Waals surface area contributed by atoms with E-state index in [4.69, 9.17) is 10.00 Å². The minimum Gasteiger partial charge on any atom is -0.479 e. The van der Waals surface area contributed by atoms with Crippen molar-refractivity contribution in [3.63, 3.8) is 0 Å². The Balaban J connectivity index is 1.39. The van der Waals surface area contributed by atoms with Gasteiger partial charge in [0.2, 0.25) is 0 Å². The second-order valence-corrected chi connectivity index (χ2v) is 7.22. The number of likely N-dealkylation sites (tertiary alicyclic amines) is 1. The number of urea groups is 1. The number of rotatable bonds is 7. The summed E-state index contributed by atoms with van der Waals surface area (Å²) in [5.41, 5.74) is 1.61. The molecule has 1 fully saturated rings. The second kappa shape index (κ2) is 10.6. The molecule has 6 nitrogen and oxygen atoms in total. The van der Waals surface area contributed by atoms with E-state index in [2.05, 4.69) is 15.5 Å². The number of benzene rings is 2. The van der Waals surface area contributed by atoms with Crippen LogP contribution in [0.3, 0.4) is 0 Å². The average molecular weight is 414 g/mol. The maximum atomic E-state index is 13.3. The van der Waals surface area contributed by atoms with Crippen molar-refractivity contribution in [2.45, 2.75) is 32.0 Å². The predicted octanol–water partition coefficient (Wildman–Crippen LogP) is 3.33. The van der Waals surface area contributed by atoms with Gasteiger partial charge in [0.1, 0.15) is 11.8 Å². The lowest BCUT2D eigenvalue weighted by atomic mass is 10.0. The Kier molecular flexibility index (Phi) is 7.57. The van der Waals surface area contributed by atoms with Gasteiger partial charge in [0, 0.05) is 32.2 Å². The number of nitrogens with zero attached hydrogens (tertiary/aromatic N) is 2. The van der Waals surface area contributed by atoms with Crippen molar-refractivity contribution in [2.75, 3.05) is 19.7 Å². The Hall–Kier alpha value is -3.18. The summed E-state index contributed by atoms with van der Waals surface area (Å²) in [6.45, 7) is 2.42. The van der Waals surface area contributed by atoms with E-state index in [-0.39, 0.29) is 18.7 Å². The normalized spacial score (nSPS) is 14.7. The van der Waals surface area contributed by atoms with Gasteiger partial charge in [-0.3, -0.25) is 4.90 Å². The molecule has 0 bridgehead atoms. The van der Waals surface area contributed by atoms with Crippen LogP contribution in [0.25, 0.3) is 0 Å². The molecule has 2 aromatic carbocycles. The van der Waals surface area contributed by atoms with Crippen molar-refractivity contribution in [3.05, 3.63) is 65.2 Å². The van der Waals surface area contributed by atoms with Crippen molar-refractivity contribution < 1.29 is 18.3 Å². The van der Waals surface area contributed by atoms with Crippen LogP contribution in [0.15, 0.2) is 42.5 Å². The number of nitrogens with one attached hydrogen (secondary N) is 2. The summed E-state index contributed by atoms with van der Waals surface area (Å²) >= 11 is 0. The summed E-state index contributed by atoms with van der Waals surface area (Å²) in [5, 5.41) is 14.4. The fraction of sp³-hybridized carbons (Fsp3) is 0.364. The Labute approximate surface area is 174 Å². The van der Waals surface area contributed by atoms with E-state index in [0.29, 0.717) is 18.8 Å². The van der Waals surface area contributed by atoms with Crippen LogP contribution >= 0.6 is 0 Å². The van der Waals surface area contributed by atoms with Crippen molar-refractivity contribution in [1.82, 2.24) is 15.5 Å². The maximum Gasteiger partial charge on any atom is 0.315 e. The highest BCUT2D eigenvalue weighted by atomic mass is 19.2. The van der Waals surface area contributed by atoms with Crippen LogP contribution in [0.2, 0.25) is 0 Å². The quantitative estimate of drug-likeness (QED) is 0.729. The van der Waals surface area contributed by atoms with Crippen LogP contribution in [0.5, 0.6) is 5.75 Å². The van der Waals surface area contributed by atoms with E-state index in [1.807, 2.05) is 18.2 Å². The van der Waals surface area contributed by atoms with Crippen LogP contribution in [-0.4, -0.2) is 36.7 Å². The lowest BCUT2D eigenvalue weighted by Gasteiger charge is -2.32. The average Bonchev–Trinajstić information content (AvgIpc) is 2.75. The smallest absolute Gasteiger partial charge is 0.315 e. The maximum absolute atomic E-state index is 13.3. The van der Waals surface area contributed by atoms with E-state index in [9.17, 15) is 13.6 Å². The van der Waals surface area contributed by atoms with Crippen LogP contribution in [0.1, 0.15) is 24.0 Å². The van der Waals surface area contributed by atoms with Gasteiger partial charge in [-0.1, -0.05) is 18.2 Å². The molecular formula is C22H24F2N4O2. The Bertz CT molecular complexity index is 908. The number of halogens is 2. The number of carbonyl (C=O) groups excluding carboxylic acids is 1. The Morgan fingerprint density at radius 1 is 1.13 bits per heavy atom. The van der Waals surface area contributed by atoms with Gasteiger partial charge < -0.3 is 15.4 Å². The van der Waals surface area contributed by atoms with Crippen LogP contribution in [0.4, 0.5) is 13.6 Å². The van der Waals surface area contributed by atoms with Crippen LogP contribution in [-0.2, 0) is 13.1 Å². The molecule has 1 aliphatic rings. The van der Waals surface area contributed by atoms with E-state index in [0.717, 1.165) is 43.1 Å². The number of carbonyl (C=O) groups is 1. The third-order valence-corrected chi connectivity index (χ3v) is 4.97. The van der Waals surface area contributed by atoms with Gasteiger partial charge >= 0.3 is 6.03 Å². The molecule has 0 unspecified atom stereocenters. The highest BCUT2D eigenvalue weighted by Gasteiger charge is 2.21. The van der Waals surface area contributed by atoms with Crippen molar-refractivity contribution in [1.29, 1.82) is 5.26 Å². The first-order valence-corrected chi connectivity index (χ1v) is 9.83. The van der Waals surface area contributed by atoms with Gasteiger partial charge in [-0.25, -0.2) is 13.6 Å². The summed E-state index contributed by atoms with van der Waals surface area (Å²) in [4.78, 5) is 14.4. The Morgan fingerprint density at radius 2 is 1.93 bits per heavy atom. The molecule has 1 aliphatic heterocycles. The van der Waals surface area contributed by atoms with Crippen molar-refractivity contribution >= 4 is 6.03 Å². The van der Waals surface area contributed by atoms with Crippen molar-refractivity contribution in [3.8, 4) is 11.8 Å². The van der Waals surface area contributed by atoms with Gasteiger partial charge in [-0.05, 0) is 48.2 Å². The van der Waals surface area contributed by atoms with Crippen molar-refractivity contribution in [2.24, 2.45) is 0 Å². The zero-order valence-corrected chi connectivity index (χ0v) is 16.5. The summed E-state index contributed by atoms with van der Waals surface area (Å²) in [6, 6.07) is 12.9. The molecule has 2 N–H and O–H groups in total. The summed E-state index contributed by atoms with van der Waals surface area (Å²) in [7, 11) is 0. The first-order valence-electron chi connectivity index (χ1n) is 9.83. The Morgan fingerprint density at radius 3 is 2.67 bits per heavy atom. The number of piperidine rings is 1.